The van der Waals surface area contributed by atoms with Crippen molar-refractivity contribution in [3.63, 3.8) is 0 Å². The van der Waals surface area contributed by atoms with E-state index < -0.39 is 23.7 Å². The maximum absolute atomic E-state index is 12.7. The number of rotatable bonds is 12. The van der Waals surface area contributed by atoms with E-state index in [0.717, 1.165) is 19.3 Å². The lowest BCUT2D eigenvalue weighted by atomic mass is 9.91. The number of nitrogens with zero attached hydrogens (tertiary/aromatic N) is 1. The number of carboxylic acids is 1. The zero-order valence-corrected chi connectivity index (χ0v) is 17.2. The van der Waals surface area contributed by atoms with Crippen molar-refractivity contribution in [3.05, 3.63) is 0 Å². The highest BCUT2D eigenvalue weighted by Crippen LogP contribution is 2.29. The number of methoxy groups -OCH3 is 1. The molecule has 0 bridgehead atoms. The van der Waals surface area contributed by atoms with Crippen LogP contribution in [0.15, 0.2) is 0 Å². The van der Waals surface area contributed by atoms with Gasteiger partial charge in [-0.2, -0.15) is 0 Å². The minimum Gasteiger partial charge on any atom is -0.481 e. The summed E-state index contributed by atoms with van der Waals surface area (Å²) >= 11 is 0. The Bertz CT molecular complexity index is 562. The van der Waals surface area contributed by atoms with Gasteiger partial charge in [0.1, 0.15) is 5.54 Å². The monoisotopic (exact) mass is 399 g/mol. The summed E-state index contributed by atoms with van der Waals surface area (Å²) in [5.41, 5.74) is -0.949. The molecule has 0 saturated heterocycles. The number of amides is 3. The summed E-state index contributed by atoms with van der Waals surface area (Å²) in [6.07, 6.45) is 3.14. The first-order valence-electron chi connectivity index (χ1n) is 9.72. The zero-order valence-electron chi connectivity index (χ0n) is 17.2. The van der Waals surface area contributed by atoms with E-state index in [1.165, 1.54) is 12.0 Å². The van der Waals surface area contributed by atoms with Crippen LogP contribution in [0.2, 0.25) is 0 Å². The van der Waals surface area contributed by atoms with Crippen molar-refractivity contribution in [3.8, 4) is 0 Å². The Morgan fingerprint density at radius 2 is 1.89 bits per heavy atom. The van der Waals surface area contributed by atoms with Crippen LogP contribution in [0.5, 0.6) is 0 Å². The Kier molecular flexibility index (Phi) is 9.37. The highest BCUT2D eigenvalue weighted by Gasteiger charge is 2.41. The molecule has 3 N–H and O–H groups in total. The molecule has 1 rings (SSSR count). The van der Waals surface area contributed by atoms with Crippen molar-refractivity contribution in [2.75, 3.05) is 20.7 Å². The van der Waals surface area contributed by atoms with Crippen LogP contribution in [0.1, 0.15) is 52.4 Å². The van der Waals surface area contributed by atoms with E-state index >= 15 is 0 Å². The van der Waals surface area contributed by atoms with Crippen molar-refractivity contribution in [2.45, 2.75) is 70.1 Å². The molecule has 1 aliphatic rings. The standard InChI is InChI=1S/C19H33N3O6/c1-5-13(2)17(14(28-4)10-16(25)26)22(3)15(24)11-20-18(27)19(21-12-23)8-6-7-9-19/h12-14,17H,5-11H2,1-4H3,(H,20,27)(H,21,23)(H,25,26). The number of carbonyl (C=O) groups excluding carboxylic acids is 3. The third kappa shape index (κ3) is 5.92. The molecule has 0 aromatic carbocycles. The molecule has 0 heterocycles. The molecule has 9 nitrogen and oxygen atoms in total. The van der Waals surface area contributed by atoms with Gasteiger partial charge < -0.3 is 25.4 Å². The van der Waals surface area contributed by atoms with Crippen molar-refractivity contribution in [1.82, 2.24) is 15.5 Å². The fourth-order valence-corrected chi connectivity index (χ4v) is 3.90. The van der Waals surface area contributed by atoms with Gasteiger partial charge >= 0.3 is 5.97 Å². The van der Waals surface area contributed by atoms with Crippen LogP contribution in [0.25, 0.3) is 0 Å². The third-order valence-corrected chi connectivity index (χ3v) is 5.75. The number of nitrogens with one attached hydrogen (secondary N) is 2. The SMILES string of the molecule is CCC(C)C(C(CC(=O)O)OC)N(C)C(=O)CNC(=O)C1(NC=O)CCCC1. The average Bonchev–Trinajstić information content (AvgIpc) is 3.14. The lowest BCUT2D eigenvalue weighted by molar-refractivity contribution is -0.145. The number of ether oxygens (including phenoxy) is 1. The summed E-state index contributed by atoms with van der Waals surface area (Å²) in [4.78, 5) is 48.8. The zero-order chi connectivity index (χ0) is 21.3. The van der Waals surface area contributed by atoms with Gasteiger partial charge in [0.15, 0.2) is 0 Å². The average molecular weight is 399 g/mol. The van der Waals surface area contributed by atoms with Gasteiger partial charge in [-0.3, -0.25) is 19.2 Å². The largest absolute Gasteiger partial charge is 0.481 e. The summed E-state index contributed by atoms with van der Waals surface area (Å²) in [7, 11) is 3.02. The first-order chi connectivity index (χ1) is 13.2. The van der Waals surface area contributed by atoms with E-state index in [2.05, 4.69) is 10.6 Å². The maximum atomic E-state index is 12.7. The van der Waals surface area contributed by atoms with Crippen LogP contribution in [-0.4, -0.2) is 72.6 Å². The van der Waals surface area contributed by atoms with Crippen molar-refractivity contribution >= 4 is 24.2 Å². The van der Waals surface area contributed by atoms with E-state index in [9.17, 15) is 19.2 Å². The Balaban J connectivity index is 2.82. The predicted molar refractivity (Wildman–Crippen MR) is 102 cm³/mol. The Hall–Kier alpha value is -2.16. The molecular weight excluding hydrogens is 366 g/mol. The van der Waals surface area contributed by atoms with Crippen LogP contribution < -0.4 is 10.6 Å². The second-order valence-electron chi connectivity index (χ2n) is 7.49. The minimum atomic E-state index is -1.00. The van der Waals surface area contributed by atoms with E-state index in [-0.39, 0.29) is 30.7 Å². The fourth-order valence-electron chi connectivity index (χ4n) is 3.90. The van der Waals surface area contributed by atoms with Crippen LogP contribution in [0, 0.1) is 5.92 Å². The molecule has 3 unspecified atom stereocenters. The summed E-state index contributed by atoms with van der Waals surface area (Å²) < 4.78 is 5.36. The smallest absolute Gasteiger partial charge is 0.306 e. The number of hydrogen-bond acceptors (Lipinski definition) is 5. The third-order valence-electron chi connectivity index (χ3n) is 5.75. The van der Waals surface area contributed by atoms with Crippen molar-refractivity contribution in [2.24, 2.45) is 5.92 Å². The van der Waals surface area contributed by atoms with Crippen LogP contribution >= 0.6 is 0 Å². The molecule has 3 atom stereocenters. The normalized spacial score (nSPS) is 18.6. The van der Waals surface area contributed by atoms with E-state index in [1.54, 1.807) is 7.05 Å². The van der Waals surface area contributed by atoms with E-state index in [4.69, 9.17) is 9.84 Å². The molecule has 0 aromatic rings. The number of carbonyl (C=O) groups is 4. The van der Waals surface area contributed by atoms with Gasteiger partial charge in [0.25, 0.3) is 0 Å². The van der Waals surface area contributed by atoms with Gasteiger partial charge in [-0.05, 0) is 18.8 Å². The van der Waals surface area contributed by atoms with E-state index in [0.29, 0.717) is 19.3 Å². The quantitative estimate of drug-likeness (QED) is 0.411. The Labute approximate surface area is 166 Å². The molecule has 1 saturated carbocycles. The Morgan fingerprint density at radius 1 is 1.29 bits per heavy atom. The van der Waals surface area contributed by atoms with Crippen LogP contribution in [0.4, 0.5) is 0 Å². The second-order valence-corrected chi connectivity index (χ2v) is 7.49. The van der Waals surface area contributed by atoms with E-state index in [1.807, 2.05) is 13.8 Å². The topological polar surface area (TPSA) is 125 Å². The first kappa shape index (κ1) is 23.9. The van der Waals surface area contributed by atoms with Gasteiger partial charge in [-0.1, -0.05) is 33.1 Å². The number of likely N-dealkylation sites (N-methyl/N-ethyl adjacent to an activating group) is 1. The fraction of sp³-hybridized carbons (Fsp3) is 0.789. The second kappa shape index (κ2) is 11.0. The first-order valence-corrected chi connectivity index (χ1v) is 9.72. The number of carboxylic acid groups (broad SMARTS) is 1. The lowest BCUT2D eigenvalue weighted by Crippen LogP contribution is -2.57. The molecule has 0 spiro atoms. The van der Waals surface area contributed by atoms with Crippen LogP contribution in [0.3, 0.4) is 0 Å². The lowest BCUT2D eigenvalue weighted by Gasteiger charge is -2.37. The molecule has 0 aliphatic heterocycles. The van der Waals surface area contributed by atoms with Crippen LogP contribution in [-0.2, 0) is 23.9 Å². The van der Waals surface area contributed by atoms with Gasteiger partial charge in [0.2, 0.25) is 18.2 Å². The molecule has 1 fully saturated rings. The summed E-state index contributed by atoms with van der Waals surface area (Å²) in [6.45, 7) is 3.66. The van der Waals surface area contributed by atoms with Gasteiger partial charge in [-0.25, -0.2) is 0 Å². The van der Waals surface area contributed by atoms with Gasteiger partial charge in [-0.15, -0.1) is 0 Å². The molecule has 28 heavy (non-hydrogen) atoms. The van der Waals surface area contributed by atoms with Gasteiger partial charge in [0.05, 0.1) is 25.1 Å². The molecule has 0 radical (unpaired) electrons. The van der Waals surface area contributed by atoms with Crippen molar-refractivity contribution in [1.29, 1.82) is 0 Å². The molecule has 1 aliphatic carbocycles. The van der Waals surface area contributed by atoms with Gasteiger partial charge in [0, 0.05) is 14.2 Å². The molecule has 160 valence electrons. The predicted octanol–water partition coefficient (Wildman–Crippen LogP) is 0.524. The highest BCUT2D eigenvalue weighted by atomic mass is 16.5. The summed E-state index contributed by atoms with van der Waals surface area (Å²) in [6, 6.07) is -0.441. The molecule has 3 amide bonds. The summed E-state index contributed by atoms with van der Waals surface area (Å²) in [5.74, 6) is -1.71. The molecule has 0 aromatic heterocycles. The molecule has 9 heteroatoms. The Morgan fingerprint density at radius 3 is 2.36 bits per heavy atom. The molecular formula is C19H33N3O6. The summed E-state index contributed by atoms with van der Waals surface area (Å²) in [5, 5.41) is 14.4. The maximum Gasteiger partial charge on any atom is 0.306 e. The highest BCUT2D eigenvalue weighted by molar-refractivity contribution is 5.91. The van der Waals surface area contributed by atoms with Crippen molar-refractivity contribution < 1.29 is 29.0 Å². The number of hydrogen-bond donors (Lipinski definition) is 3. The number of aliphatic carboxylic acids is 1. The minimum absolute atomic E-state index is 0.00635.